The van der Waals surface area contributed by atoms with Crippen LogP contribution in [-0.2, 0) is 16.1 Å². The first kappa shape index (κ1) is 19.8. The second-order valence-electron chi connectivity index (χ2n) is 6.85. The van der Waals surface area contributed by atoms with E-state index in [1.54, 1.807) is 54.9 Å². The van der Waals surface area contributed by atoms with Crippen LogP contribution in [0.4, 0.5) is 4.39 Å². The number of pyridine rings is 1. The highest BCUT2D eigenvalue weighted by Crippen LogP contribution is 2.40. The van der Waals surface area contributed by atoms with Crippen LogP contribution in [0.1, 0.15) is 22.7 Å². The van der Waals surface area contributed by atoms with Gasteiger partial charge in [-0.25, -0.2) is 4.39 Å². The molecule has 0 unspecified atom stereocenters. The van der Waals surface area contributed by atoms with Gasteiger partial charge in [-0.1, -0.05) is 29.8 Å². The van der Waals surface area contributed by atoms with Crippen LogP contribution in [0.5, 0.6) is 0 Å². The molecule has 0 aliphatic carbocycles. The second kappa shape index (κ2) is 8.08. The van der Waals surface area contributed by atoms with Gasteiger partial charge in [-0.15, -0.1) is 0 Å². The molecule has 1 saturated heterocycles. The van der Waals surface area contributed by atoms with Crippen molar-refractivity contribution in [2.45, 2.75) is 12.6 Å². The number of amides is 1. The van der Waals surface area contributed by atoms with Gasteiger partial charge in [-0.05, 0) is 53.6 Å². The quantitative estimate of drug-likeness (QED) is 0.382. The Kier molecular flexibility index (Phi) is 5.33. The van der Waals surface area contributed by atoms with Gasteiger partial charge in [-0.3, -0.25) is 14.6 Å². The number of aliphatic hydroxyl groups excluding tert-OH is 1. The molecule has 0 spiro atoms. The minimum Gasteiger partial charge on any atom is -0.507 e. The Labute approximate surface area is 177 Å². The van der Waals surface area contributed by atoms with E-state index < -0.39 is 23.5 Å². The van der Waals surface area contributed by atoms with Gasteiger partial charge < -0.3 is 10.0 Å². The summed E-state index contributed by atoms with van der Waals surface area (Å²) in [4.78, 5) is 31.1. The molecule has 1 N–H and O–H groups in total. The van der Waals surface area contributed by atoms with Crippen LogP contribution in [0.15, 0.2) is 78.6 Å². The van der Waals surface area contributed by atoms with Crippen LogP contribution < -0.4 is 0 Å². The molecule has 5 nitrogen and oxygen atoms in total. The number of rotatable bonds is 4. The van der Waals surface area contributed by atoms with Gasteiger partial charge >= 0.3 is 0 Å². The van der Waals surface area contributed by atoms with Gasteiger partial charge in [0.05, 0.1) is 11.6 Å². The Balaban J connectivity index is 1.87. The van der Waals surface area contributed by atoms with Crippen molar-refractivity contribution in [2.24, 2.45) is 0 Å². The number of benzene rings is 2. The fraction of sp³-hybridized carbons (Fsp3) is 0.0870. The van der Waals surface area contributed by atoms with E-state index in [0.29, 0.717) is 21.7 Å². The van der Waals surface area contributed by atoms with E-state index in [0.717, 1.165) is 0 Å². The average molecular weight is 423 g/mol. The Morgan fingerprint density at radius 3 is 2.53 bits per heavy atom. The number of ketones is 1. The molecule has 1 aliphatic heterocycles. The largest absolute Gasteiger partial charge is 0.507 e. The normalized spacial score (nSPS) is 18.1. The van der Waals surface area contributed by atoms with Gasteiger partial charge in [0.15, 0.2) is 0 Å². The molecular formula is C23H16ClFN2O3. The molecule has 1 aliphatic rings. The van der Waals surface area contributed by atoms with Gasteiger partial charge in [0, 0.05) is 29.5 Å². The van der Waals surface area contributed by atoms with Crippen molar-refractivity contribution in [1.82, 2.24) is 9.88 Å². The summed E-state index contributed by atoms with van der Waals surface area (Å²) >= 11 is 5.91. The third-order valence-corrected chi connectivity index (χ3v) is 5.15. The Hall–Kier alpha value is -3.51. The van der Waals surface area contributed by atoms with E-state index in [4.69, 9.17) is 11.6 Å². The van der Waals surface area contributed by atoms with E-state index in [2.05, 4.69) is 4.98 Å². The van der Waals surface area contributed by atoms with Crippen molar-refractivity contribution < 1.29 is 19.1 Å². The van der Waals surface area contributed by atoms with Gasteiger partial charge in [0.25, 0.3) is 11.7 Å². The van der Waals surface area contributed by atoms with Crippen molar-refractivity contribution in [3.63, 3.8) is 0 Å². The molecule has 3 aromatic rings. The molecular weight excluding hydrogens is 407 g/mol. The summed E-state index contributed by atoms with van der Waals surface area (Å²) in [6.07, 6.45) is 3.18. The predicted octanol–water partition coefficient (Wildman–Crippen LogP) is 4.50. The second-order valence-corrected chi connectivity index (χ2v) is 7.29. The number of hydrogen-bond donors (Lipinski definition) is 1. The molecule has 2 aromatic carbocycles. The zero-order chi connectivity index (χ0) is 21.3. The third kappa shape index (κ3) is 3.69. The Bertz CT molecular complexity index is 1150. The van der Waals surface area contributed by atoms with Gasteiger partial charge in [-0.2, -0.15) is 0 Å². The third-order valence-electron chi connectivity index (χ3n) is 4.90. The molecule has 1 atom stereocenters. The molecule has 7 heteroatoms. The summed E-state index contributed by atoms with van der Waals surface area (Å²) in [5.74, 6) is -2.46. The zero-order valence-corrected chi connectivity index (χ0v) is 16.4. The maximum absolute atomic E-state index is 14.0. The highest BCUT2D eigenvalue weighted by Gasteiger charge is 2.46. The lowest BCUT2D eigenvalue weighted by Crippen LogP contribution is -2.29. The van der Waals surface area contributed by atoms with Crippen LogP contribution in [0.2, 0.25) is 5.02 Å². The molecule has 0 saturated carbocycles. The topological polar surface area (TPSA) is 70.5 Å². The number of aromatic nitrogens is 1. The first-order valence-electron chi connectivity index (χ1n) is 9.14. The fourth-order valence-electron chi connectivity index (χ4n) is 3.52. The highest BCUT2D eigenvalue weighted by molar-refractivity contribution is 6.46. The van der Waals surface area contributed by atoms with Gasteiger partial charge in [0.2, 0.25) is 0 Å². The number of nitrogens with zero attached hydrogens (tertiary/aromatic N) is 2. The molecule has 4 rings (SSSR count). The minimum atomic E-state index is -0.948. The smallest absolute Gasteiger partial charge is 0.295 e. The zero-order valence-electron chi connectivity index (χ0n) is 15.6. The number of Topliss-reactive ketones (excluding diaryl/α,β-unsaturated/α-hetero) is 1. The number of halogens is 2. The van der Waals surface area contributed by atoms with Crippen molar-refractivity contribution in [1.29, 1.82) is 0 Å². The summed E-state index contributed by atoms with van der Waals surface area (Å²) in [6.45, 7) is 0.0803. The molecule has 150 valence electrons. The standard InChI is InChI=1S/C23H16ClFN2O3/c24-17-8-6-15(7-9-17)21(28)19-20(16-4-1-5-18(25)11-16)27(23(30)22(19)29)13-14-3-2-10-26-12-14/h1-12,20,28H,13H2/b21-19+/t20-/m0/s1. The number of aliphatic hydroxyl groups is 1. The van der Waals surface area contributed by atoms with Crippen LogP contribution in [0, 0.1) is 5.82 Å². The molecule has 1 aromatic heterocycles. The minimum absolute atomic E-state index is 0.0803. The summed E-state index contributed by atoms with van der Waals surface area (Å²) < 4.78 is 14.0. The lowest BCUT2D eigenvalue weighted by molar-refractivity contribution is -0.140. The lowest BCUT2D eigenvalue weighted by atomic mass is 9.95. The lowest BCUT2D eigenvalue weighted by Gasteiger charge is -2.25. The first-order chi connectivity index (χ1) is 14.5. The molecule has 0 radical (unpaired) electrons. The van der Waals surface area contributed by atoms with E-state index in [-0.39, 0.29) is 17.9 Å². The number of carbonyl (C=O) groups is 2. The maximum Gasteiger partial charge on any atom is 0.295 e. The van der Waals surface area contributed by atoms with Crippen LogP contribution in [0.3, 0.4) is 0 Å². The highest BCUT2D eigenvalue weighted by atomic mass is 35.5. The maximum atomic E-state index is 14.0. The van der Waals surface area contributed by atoms with Crippen molar-refractivity contribution in [3.05, 3.63) is 106 Å². The van der Waals surface area contributed by atoms with Crippen molar-refractivity contribution in [3.8, 4) is 0 Å². The predicted molar refractivity (Wildman–Crippen MR) is 110 cm³/mol. The Morgan fingerprint density at radius 1 is 1.10 bits per heavy atom. The summed E-state index contributed by atoms with van der Waals surface area (Å²) in [5.41, 5.74) is 1.32. The molecule has 0 bridgehead atoms. The first-order valence-corrected chi connectivity index (χ1v) is 9.52. The van der Waals surface area contributed by atoms with Crippen molar-refractivity contribution in [2.75, 3.05) is 0 Å². The van der Waals surface area contributed by atoms with Gasteiger partial charge in [0.1, 0.15) is 11.6 Å². The van der Waals surface area contributed by atoms with Crippen LogP contribution in [0.25, 0.3) is 5.76 Å². The fourth-order valence-corrected chi connectivity index (χ4v) is 3.64. The molecule has 30 heavy (non-hydrogen) atoms. The number of likely N-dealkylation sites (tertiary alicyclic amines) is 1. The van der Waals surface area contributed by atoms with E-state index in [1.165, 1.54) is 23.1 Å². The summed E-state index contributed by atoms with van der Waals surface area (Å²) in [5, 5.41) is 11.4. The molecule has 1 amide bonds. The molecule has 1 fully saturated rings. The Morgan fingerprint density at radius 2 is 1.87 bits per heavy atom. The van der Waals surface area contributed by atoms with Crippen molar-refractivity contribution >= 4 is 29.1 Å². The van der Waals surface area contributed by atoms with Crippen LogP contribution >= 0.6 is 11.6 Å². The van der Waals surface area contributed by atoms with E-state index in [9.17, 15) is 19.1 Å². The number of hydrogen-bond acceptors (Lipinski definition) is 4. The SMILES string of the molecule is O=C1C(=O)N(Cc2cccnc2)[C@@H](c2cccc(F)c2)/C1=C(\O)c1ccc(Cl)cc1. The van der Waals surface area contributed by atoms with E-state index >= 15 is 0 Å². The summed E-state index contributed by atoms with van der Waals surface area (Å²) in [6, 6.07) is 14.4. The number of carbonyl (C=O) groups excluding carboxylic acids is 2. The molecule has 2 heterocycles. The summed E-state index contributed by atoms with van der Waals surface area (Å²) in [7, 11) is 0. The monoisotopic (exact) mass is 422 g/mol. The van der Waals surface area contributed by atoms with E-state index in [1.807, 2.05) is 0 Å². The van der Waals surface area contributed by atoms with Crippen LogP contribution in [-0.4, -0.2) is 26.7 Å². The average Bonchev–Trinajstić information content (AvgIpc) is 2.99.